The molecular formula is C23H26FN5O4S. The van der Waals surface area contributed by atoms with E-state index < -0.39 is 15.8 Å². The average Bonchev–Trinajstić information content (AvgIpc) is 2.84. The molecule has 2 aromatic carbocycles. The monoisotopic (exact) mass is 487 g/mol. The van der Waals surface area contributed by atoms with Gasteiger partial charge in [-0.2, -0.15) is 9.29 Å². The van der Waals surface area contributed by atoms with Crippen LogP contribution in [0.4, 0.5) is 21.8 Å². The number of rotatable bonds is 7. The van der Waals surface area contributed by atoms with E-state index in [4.69, 9.17) is 9.47 Å². The number of nitrogens with one attached hydrogen (secondary N) is 1. The number of piperazine rings is 1. The van der Waals surface area contributed by atoms with E-state index in [0.717, 1.165) is 23.2 Å². The topological polar surface area (TPSA) is 96.9 Å². The lowest BCUT2D eigenvalue weighted by Gasteiger charge is -2.34. The molecule has 1 aliphatic heterocycles. The zero-order chi connectivity index (χ0) is 24.3. The van der Waals surface area contributed by atoms with Crippen molar-refractivity contribution in [1.82, 2.24) is 14.3 Å². The third-order valence-electron chi connectivity index (χ3n) is 5.47. The maximum absolute atomic E-state index is 13.8. The van der Waals surface area contributed by atoms with Crippen molar-refractivity contribution in [2.24, 2.45) is 0 Å². The zero-order valence-corrected chi connectivity index (χ0v) is 20.0. The minimum atomic E-state index is -3.92. The molecule has 0 atom stereocenters. The average molecular weight is 488 g/mol. The molecule has 3 aromatic rings. The summed E-state index contributed by atoms with van der Waals surface area (Å²) in [5, 5.41) is 3.26. The normalized spacial score (nSPS) is 14.6. The van der Waals surface area contributed by atoms with Gasteiger partial charge in [-0.15, -0.1) is 0 Å². The van der Waals surface area contributed by atoms with Crippen LogP contribution in [0.5, 0.6) is 11.5 Å². The molecule has 1 aromatic heterocycles. The highest BCUT2D eigenvalue weighted by Crippen LogP contribution is 2.29. The van der Waals surface area contributed by atoms with Crippen molar-refractivity contribution >= 4 is 27.5 Å². The van der Waals surface area contributed by atoms with Crippen LogP contribution < -0.4 is 19.7 Å². The minimum Gasteiger partial charge on any atom is -0.497 e. The first-order chi connectivity index (χ1) is 16.3. The van der Waals surface area contributed by atoms with Crippen molar-refractivity contribution in [3.8, 4) is 11.5 Å². The SMILES string of the molecule is COc1ccc(Nc2cc(C)nc(N3CCN(S(=O)(=O)c4cc(F)ccc4OC)CC3)n2)cc1. The lowest BCUT2D eigenvalue weighted by Crippen LogP contribution is -2.49. The smallest absolute Gasteiger partial charge is 0.246 e. The van der Waals surface area contributed by atoms with E-state index in [1.165, 1.54) is 23.5 Å². The van der Waals surface area contributed by atoms with Gasteiger partial charge in [0.05, 0.1) is 14.2 Å². The summed E-state index contributed by atoms with van der Waals surface area (Å²) in [5.74, 6) is 1.38. The third-order valence-corrected chi connectivity index (χ3v) is 7.39. The predicted octanol–water partition coefficient (Wildman–Crippen LogP) is 3.20. The van der Waals surface area contributed by atoms with Crippen molar-refractivity contribution < 1.29 is 22.3 Å². The quantitative estimate of drug-likeness (QED) is 0.543. The van der Waals surface area contributed by atoms with Crippen LogP contribution in [0.2, 0.25) is 0 Å². The molecule has 11 heteroatoms. The van der Waals surface area contributed by atoms with Gasteiger partial charge in [0, 0.05) is 43.6 Å². The molecule has 9 nitrogen and oxygen atoms in total. The van der Waals surface area contributed by atoms with Crippen molar-refractivity contribution in [3.63, 3.8) is 0 Å². The van der Waals surface area contributed by atoms with Gasteiger partial charge in [-0.1, -0.05) is 0 Å². The molecule has 180 valence electrons. The Balaban J connectivity index is 1.48. The molecule has 0 unspecified atom stereocenters. The summed E-state index contributed by atoms with van der Waals surface area (Å²) in [6, 6.07) is 12.8. The second-order valence-electron chi connectivity index (χ2n) is 7.73. The number of ether oxygens (including phenoxy) is 2. The van der Waals surface area contributed by atoms with Crippen LogP contribution in [0, 0.1) is 12.7 Å². The molecule has 0 amide bonds. The summed E-state index contributed by atoms with van der Waals surface area (Å²) in [5.41, 5.74) is 1.63. The highest BCUT2D eigenvalue weighted by Gasteiger charge is 2.32. The number of sulfonamides is 1. The Labute approximate surface area is 198 Å². The Bertz CT molecular complexity index is 1260. The predicted molar refractivity (Wildman–Crippen MR) is 127 cm³/mol. The van der Waals surface area contributed by atoms with E-state index in [-0.39, 0.29) is 23.7 Å². The number of benzene rings is 2. The summed E-state index contributed by atoms with van der Waals surface area (Å²) in [6.45, 7) is 3.08. The minimum absolute atomic E-state index is 0.111. The van der Waals surface area contributed by atoms with Crippen molar-refractivity contribution in [1.29, 1.82) is 0 Å². The van der Waals surface area contributed by atoms with Gasteiger partial charge in [-0.3, -0.25) is 0 Å². The second kappa shape index (κ2) is 9.82. The van der Waals surface area contributed by atoms with Gasteiger partial charge in [0.2, 0.25) is 16.0 Å². The number of anilines is 3. The molecule has 0 radical (unpaired) electrons. The lowest BCUT2D eigenvalue weighted by molar-refractivity contribution is 0.371. The largest absolute Gasteiger partial charge is 0.497 e. The van der Waals surface area contributed by atoms with Gasteiger partial charge in [-0.05, 0) is 49.4 Å². The van der Waals surface area contributed by atoms with E-state index in [2.05, 4.69) is 15.3 Å². The molecule has 0 aliphatic carbocycles. The molecule has 2 heterocycles. The van der Waals surface area contributed by atoms with Gasteiger partial charge in [0.25, 0.3) is 0 Å². The van der Waals surface area contributed by atoms with Gasteiger partial charge in [-0.25, -0.2) is 17.8 Å². The molecule has 1 fully saturated rings. The highest BCUT2D eigenvalue weighted by molar-refractivity contribution is 7.89. The fourth-order valence-corrected chi connectivity index (χ4v) is 5.29. The van der Waals surface area contributed by atoms with Crippen LogP contribution in [0.25, 0.3) is 0 Å². The Morgan fingerprint density at radius 1 is 0.941 bits per heavy atom. The zero-order valence-electron chi connectivity index (χ0n) is 19.2. The van der Waals surface area contributed by atoms with E-state index in [1.807, 2.05) is 42.2 Å². The molecule has 0 spiro atoms. The molecular weight excluding hydrogens is 461 g/mol. The molecule has 4 rings (SSSR count). The first-order valence-corrected chi connectivity index (χ1v) is 12.1. The van der Waals surface area contributed by atoms with E-state index in [9.17, 15) is 12.8 Å². The van der Waals surface area contributed by atoms with E-state index >= 15 is 0 Å². The number of halogens is 1. The van der Waals surface area contributed by atoms with Gasteiger partial charge < -0.3 is 19.7 Å². The van der Waals surface area contributed by atoms with Gasteiger partial charge in [0.15, 0.2) is 0 Å². The summed E-state index contributed by atoms with van der Waals surface area (Å²) in [6.07, 6.45) is 0. The van der Waals surface area contributed by atoms with Crippen LogP contribution >= 0.6 is 0 Å². The Hall–Kier alpha value is -3.44. The Morgan fingerprint density at radius 3 is 2.29 bits per heavy atom. The van der Waals surface area contributed by atoms with Crippen LogP contribution in [0.3, 0.4) is 0 Å². The fourth-order valence-electron chi connectivity index (χ4n) is 3.70. The number of aryl methyl sites for hydroxylation is 1. The van der Waals surface area contributed by atoms with Crippen LogP contribution in [0.15, 0.2) is 53.4 Å². The molecule has 0 bridgehead atoms. The molecule has 34 heavy (non-hydrogen) atoms. The fraction of sp³-hybridized carbons (Fsp3) is 0.304. The maximum Gasteiger partial charge on any atom is 0.246 e. The highest BCUT2D eigenvalue weighted by atomic mass is 32.2. The number of hydrogen-bond acceptors (Lipinski definition) is 8. The number of methoxy groups -OCH3 is 2. The number of hydrogen-bond donors (Lipinski definition) is 1. The standard InChI is InChI=1S/C23H26FN5O4S/c1-16-14-22(26-18-5-7-19(32-2)8-6-18)27-23(25-16)28-10-12-29(13-11-28)34(30,31)21-15-17(24)4-9-20(21)33-3/h4-9,14-15H,10-13H2,1-3H3,(H,25,26,27). The maximum atomic E-state index is 13.8. The molecule has 1 aliphatic rings. The summed E-state index contributed by atoms with van der Waals surface area (Å²) in [7, 11) is -0.946. The molecule has 1 saturated heterocycles. The second-order valence-corrected chi connectivity index (χ2v) is 9.64. The van der Waals surface area contributed by atoms with Crippen molar-refractivity contribution in [3.05, 3.63) is 60.0 Å². The van der Waals surface area contributed by atoms with E-state index in [1.54, 1.807) is 7.11 Å². The van der Waals surface area contributed by atoms with E-state index in [0.29, 0.717) is 24.9 Å². The van der Waals surface area contributed by atoms with Crippen LogP contribution in [0.1, 0.15) is 5.69 Å². The summed E-state index contributed by atoms with van der Waals surface area (Å²) in [4.78, 5) is 10.9. The summed E-state index contributed by atoms with van der Waals surface area (Å²) >= 11 is 0. The third kappa shape index (κ3) is 5.05. The van der Waals surface area contributed by atoms with Crippen molar-refractivity contribution in [2.45, 2.75) is 11.8 Å². The van der Waals surface area contributed by atoms with Crippen LogP contribution in [-0.4, -0.2) is 63.1 Å². The molecule has 0 saturated carbocycles. The first kappa shape index (κ1) is 23.7. The first-order valence-electron chi connectivity index (χ1n) is 10.7. The summed E-state index contributed by atoms with van der Waals surface area (Å²) < 4.78 is 51.7. The Morgan fingerprint density at radius 2 is 1.65 bits per heavy atom. The number of aromatic nitrogens is 2. The lowest BCUT2D eigenvalue weighted by atomic mass is 10.3. The van der Waals surface area contributed by atoms with Crippen molar-refractivity contribution in [2.75, 3.05) is 50.6 Å². The van der Waals surface area contributed by atoms with Gasteiger partial charge in [0.1, 0.15) is 28.0 Å². The van der Waals surface area contributed by atoms with Gasteiger partial charge >= 0.3 is 0 Å². The Kier molecular flexibility index (Phi) is 6.85. The van der Waals surface area contributed by atoms with Crippen LogP contribution in [-0.2, 0) is 10.0 Å². The molecule has 1 N–H and O–H groups in total. The number of nitrogens with zero attached hydrogens (tertiary/aromatic N) is 4.